The average Bonchev–Trinajstić information content (AvgIpc) is 2.21. The Morgan fingerprint density at radius 2 is 1.82 bits per heavy atom. The van der Waals surface area contributed by atoms with Gasteiger partial charge in [-0.05, 0) is 11.6 Å². The van der Waals surface area contributed by atoms with Crippen molar-refractivity contribution in [2.45, 2.75) is 27.3 Å². The summed E-state index contributed by atoms with van der Waals surface area (Å²) in [6.07, 6.45) is 3.10. The zero-order chi connectivity index (χ0) is 11.8. The van der Waals surface area contributed by atoms with E-state index in [4.69, 9.17) is 0 Å². The van der Waals surface area contributed by atoms with Crippen molar-refractivity contribution >= 4 is 24.8 Å². The fourth-order valence-electron chi connectivity index (χ4n) is 2.31. The van der Waals surface area contributed by atoms with E-state index < -0.39 is 0 Å². The zero-order valence-corrected chi connectivity index (χ0v) is 14.9. The number of nitrogens with zero attached hydrogens (tertiary/aromatic N) is 1. The maximum absolute atomic E-state index is 2.52. The third-order valence-corrected chi connectivity index (χ3v) is 3.04. The van der Waals surface area contributed by atoms with Gasteiger partial charge in [0.05, 0.1) is 0 Å². The molecule has 0 saturated heterocycles. The van der Waals surface area contributed by atoms with Crippen LogP contribution in [0.1, 0.15) is 5.56 Å². The van der Waals surface area contributed by atoms with Gasteiger partial charge in [0.25, 0.3) is 6.85 Å². The monoisotopic (exact) mass is 251 g/mol. The second-order valence-electron chi connectivity index (χ2n) is 6.27. The Balaban J connectivity index is 0.00000144. The first-order valence-electron chi connectivity index (χ1n) is 6.30. The third kappa shape index (κ3) is 4.00. The minimum Gasteiger partial charge on any atom is -0.445 e. The van der Waals surface area contributed by atoms with Gasteiger partial charge in [0.2, 0.25) is 0 Å². The van der Waals surface area contributed by atoms with Gasteiger partial charge >= 0.3 is 51.4 Å². The Bertz CT molecular complexity index is 412. The average molecular weight is 251 g/mol. The Morgan fingerprint density at radius 1 is 1.18 bits per heavy atom. The summed E-state index contributed by atoms with van der Waals surface area (Å²) >= 11 is 0. The number of benzene rings is 1. The molecule has 84 valence electrons. The van der Waals surface area contributed by atoms with E-state index in [1.807, 2.05) is 0 Å². The van der Waals surface area contributed by atoms with E-state index in [-0.39, 0.29) is 57.5 Å². The molecule has 2 rings (SSSR count). The summed E-state index contributed by atoms with van der Waals surface area (Å²) in [6.45, 7) is 9.85. The molecule has 0 bridgehead atoms. The van der Waals surface area contributed by atoms with Gasteiger partial charge in [0.15, 0.2) is 0 Å². The van der Waals surface area contributed by atoms with Crippen molar-refractivity contribution in [3.05, 3.63) is 35.8 Å². The molecule has 0 atom stereocenters. The molecule has 0 fully saturated rings. The maximum Gasteiger partial charge on any atom is 1.00 e. The van der Waals surface area contributed by atoms with E-state index in [2.05, 4.69) is 68.4 Å². The molecule has 0 aliphatic carbocycles. The molecular weight excluding hydrogens is 231 g/mol. The molecule has 0 aromatic heterocycles. The Morgan fingerprint density at radius 3 is 2.47 bits per heavy atom. The van der Waals surface area contributed by atoms with Crippen LogP contribution in [0.3, 0.4) is 0 Å². The maximum atomic E-state index is 2.52. The van der Waals surface area contributed by atoms with Gasteiger partial charge in [-0.15, -0.1) is 6.44 Å². The predicted octanol–water partition coefficient (Wildman–Crippen LogP) is 0.562. The third-order valence-electron chi connectivity index (χ3n) is 3.04. The molecule has 0 radical (unpaired) electrons. The summed E-state index contributed by atoms with van der Waals surface area (Å²) in [7, 11) is 0. The smallest absolute Gasteiger partial charge is 0.445 e. The van der Waals surface area contributed by atoms with Gasteiger partial charge in [-0.2, -0.15) is 20.5 Å². The molecule has 1 nitrogen and oxygen atoms in total. The van der Waals surface area contributed by atoms with Crippen molar-refractivity contribution in [3.63, 3.8) is 0 Å². The fourth-order valence-corrected chi connectivity index (χ4v) is 2.31. The van der Waals surface area contributed by atoms with Gasteiger partial charge in [-0.25, -0.2) is 0 Å². The van der Waals surface area contributed by atoms with Crippen LogP contribution in [0.25, 0.3) is 6.08 Å². The SMILES string of the molecule is CB1C=Cc2ccccc2N1C[B-](C)(C)C.[K+]. The molecule has 1 heterocycles. The molecule has 0 saturated carbocycles. The van der Waals surface area contributed by atoms with E-state index in [0.717, 1.165) is 6.44 Å². The molecule has 0 unspecified atom stereocenters. The van der Waals surface area contributed by atoms with Gasteiger partial charge < -0.3 is 4.81 Å². The summed E-state index contributed by atoms with van der Waals surface area (Å²) in [5, 5.41) is 0. The quantitative estimate of drug-likeness (QED) is 0.694. The normalized spacial score (nSPS) is 14.4. The van der Waals surface area contributed by atoms with Gasteiger partial charge in [-0.3, -0.25) is 0 Å². The van der Waals surface area contributed by atoms with E-state index in [9.17, 15) is 0 Å². The van der Waals surface area contributed by atoms with Gasteiger partial charge in [0, 0.05) is 11.8 Å². The number of anilines is 1. The van der Waals surface area contributed by atoms with Crippen LogP contribution in [0.2, 0.25) is 27.3 Å². The minimum absolute atomic E-state index is 0. The van der Waals surface area contributed by atoms with Crippen molar-refractivity contribution in [1.82, 2.24) is 0 Å². The van der Waals surface area contributed by atoms with Crippen molar-refractivity contribution in [1.29, 1.82) is 0 Å². The second kappa shape index (κ2) is 6.11. The number of rotatable bonds is 2. The first kappa shape index (κ1) is 15.6. The number of hydrogen-bond donors (Lipinski definition) is 0. The standard InChI is InChI=1S/C13H20B2N.K/c1-14-10-9-12-7-5-6-8-13(12)16(14)11-15(2,3)4;/h5-10H,11H2,1-4H3;/q-1;+1. The Labute approximate surface area is 148 Å². The first-order valence-corrected chi connectivity index (χ1v) is 6.30. The Kier molecular flexibility index (Phi) is 5.60. The number of fused-ring (bicyclic) bond motifs is 1. The summed E-state index contributed by atoms with van der Waals surface area (Å²) in [4.78, 5) is 2.52. The van der Waals surface area contributed by atoms with Crippen LogP contribution in [-0.2, 0) is 0 Å². The minimum atomic E-state index is -0.299. The van der Waals surface area contributed by atoms with Crippen LogP contribution >= 0.6 is 0 Å². The number of para-hydroxylation sites is 1. The van der Waals surface area contributed by atoms with Crippen molar-refractivity contribution in [2.24, 2.45) is 0 Å². The first-order chi connectivity index (χ1) is 7.47. The molecule has 1 aliphatic heterocycles. The summed E-state index contributed by atoms with van der Waals surface area (Å²) in [6, 6.07) is 8.67. The predicted molar refractivity (Wildman–Crippen MR) is 77.8 cm³/mol. The van der Waals surface area contributed by atoms with Crippen LogP contribution in [-0.4, -0.2) is 19.4 Å². The van der Waals surface area contributed by atoms with E-state index in [1.165, 1.54) is 11.3 Å². The molecule has 0 amide bonds. The summed E-state index contributed by atoms with van der Waals surface area (Å²) < 4.78 is 0. The van der Waals surface area contributed by atoms with Crippen LogP contribution in [0, 0.1) is 0 Å². The molecular formula is C13H20B2KN. The van der Waals surface area contributed by atoms with Crippen LogP contribution in [0.5, 0.6) is 0 Å². The molecule has 1 aliphatic rings. The zero-order valence-electron chi connectivity index (χ0n) is 11.8. The fraction of sp³-hybridized carbons (Fsp3) is 0.385. The molecule has 0 N–H and O–H groups in total. The summed E-state index contributed by atoms with van der Waals surface area (Å²) in [5.41, 5.74) is 2.73. The largest absolute Gasteiger partial charge is 1.00 e. The molecule has 17 heavy (non-hydrogen) atoms. The van der Waals surface area contributed by atoms with Gasteiger partial charge in [-0.1, -0.05) is 37.1 Å². The van der Waals surface area contributed by atoms with Crippen molar-refractivity contribution in [2.75, 3.05) is 11.3 Å². The molecule has 4 heteroatoms. The van der Waals surface area contributed by atoms with E-state index >= 15 is 0 Å². The molecule has 1 aromatic rings. The van der Waals surface area contributed by atoms with E-state index in [1.54, 1.807) is 0 Å². The van der Waals surface area contributed by atoms with Crippen LogP contribution in [0.4, 0.5) is 5.69 Å². The van der Waals surface area contributed by atoms with E-state index in [0.29, 0.717) is 6.85 Å². The van der Waals surface area contributed by atoms with Crippen molar-refractivity contribution < 1.29 is 51.4 Å². The topological polar surface area (TPSA) is 3.24 Å². The Hall–Kier alpha value is 0.526. The molecule has 1 aromatic carbocycles. The summed E-state index contributed by atoms with van der Waals surface area (Å²) in [5.74, 6) is 2.30. The van der Waals surface area contributed by atoms with Gasteiger partial charge in [0.1, 0.15) is 0 Å². The number of hydrogen-bond acceptors (Lipinski definition) is 1. The second-order valence-corrected chi connectivity index (χ2v) is 6.27. The molecule has 0 spiro atoms. The van der Waals surface area contributed by atoms with Crippen LogP contribution in [0.15, 0.2) is 30.2 Å². The van der Waals surface area contributed by atoms with Crippen molar-refractivity contribution in [3.8, 4) is 0 Å². The van der Waals surface area contributed by atoms with Crippen LogP contribution < -0.4 is 56.2 Å².